The average Bonchev–Trinajstić information content (AvgIpc) is 3.11. The van der Waals surface area contributed by atoms with Crippen LogP contribution in [0.15, 0.2) is 54.9 Å². The Morgan fingerprint density at radius 2 is 1.96 bits per heavy atom. The zero-order valence-electron chi connectivity index (χ0n) is 15.2. The number of nitro benzene ring substituents is 1. The second-order valence-corrected chi connectivity index (χ2v) is 6.09. The quantitative estimate of drug-likeness (QED) is 0.503. The van der Waals surface area contributed by atoms with Gasteiger partial charge in [0.15, 0.2) is 0 Å². The highest BCUT2D eigenvalue weighted by Crippen LogP contribution is 2.26. The summed E-state index contributed by atoms with van der Waals surface area (Å²) in [4.78, 5) is 27.8. The first kappa shape index (κ1) is 19.0. The molecule has 0 saturated carbocycles. The lowest BCUT2D eigenvalue weighted by atomic mass is 10.0. The molecule has 1 aromatic heterocycles. The highest BCUT2D eigenvalue weighted by molar-refractivity contribution is 5.96. The van der Waals surface area contributed by atoms with Gasteiger partial charge in [0.05, 0.1) is 4.92 Å². The van der Waals surface area contributed by atoms with Gasteiger partial charge in [-0.05, 0) is 29.8 Å². The van der Waals surface area contributed by atoms with Crippen LogP contribution in [-0.2, 0) is 7.05 Å². The average molecular weight is 383 g/mol. The van der Waals surface area contributed by atoms with Crippen molar-refractivity contribution in [1.29, 1.82) is 0 Å². The number of anilines is 1. The molecule has 0 aliphatic heterocycles. The van der Waals surface area contributed by atoms with E-state index >= 15 is 0 Å². The summed E-state index contributed by atoms with van der Waals surface area (Å²) in [6.45, 7) is 0. The van der Waals surface area contributed by atoms with E-state index in [1.54, 1.807) is 43.2 Å². The Kier molecular flexibility index (Phi) is 5.35. The number of imidazole rings is 1. The molecule has 9 heteroatoms. The smallest absolute Gasteiger partial charge is 0.293 e. The first-order chi connectivity index (χ1) is 13.4. The van der Waals surface area contributed by atoms with Gasteiger partial charge in [0.2, 0.25) is 0 Å². The van der Waals surface area contributed by atoms with Crippen LogP contribution in [0, 0.1) is 15.9 Å². The van der Waals surface area contributed by atoms with Crippen molar-refractivity contribution in [2.45, 2.75) is 6.04 Å². The third kappa shape index (κ3) is 3.83. The van der Waals surface area contributed by atoms with E-state index in [1.807, 2.05) is 0 Å². The maximum Gasteiger partial charge on any atom is 0.293 e. The Bertz CT molecular complexity index is 1020. The Balaban J connectivity index is 1.96. The number of nitrogens with one attached hydrogen (secondary N) is 2. The normalized spacial score (nSPS) is 11.7. The number of amides is 1. The molecule has 0 radical (unpaired) electrons. The SMILES string of the molecule is CNc1ccc(C(=O)N[C@@H](c2ccc(F)cc2)c2nccn2C)cc1[N+](=O)[O-]. The largest absolute Gasteiger partial charge is 0.383 e. The molecule has 8 nitrogen and oxygen atoms in total. The molecule has 0 saturated heterocycles. The molecule has 144 valence electrons. The highest BCUT2D eigenvalue weighted by atomic mass is 19.1. The van der Waals surface area contributed by atoms with E-state index in [9.17, 15) is 19.3 Å². The Hall–Kier alpha value is -3.75. The fraction of sp³-hybridized carbons (Fsp3) is 0.158. The molecule has 3 rings (SSSR count). The molecule has 1 amide bonds. The third-order valence-electron chi connectivity index (χ3n) is 4.32. The van der Waals surface area contributed by atoms with Crippen molar-refractivity contribution >= 4 is 17.3 Å². The fourth-order valence-corrected chi connectivity index (χ4v) is 2.86. The predicted octanol–water partition coefficient (Wildman–Crippen LogP) is 3.03. The van der Waals surface area contributed by atoms with Crippen LogP contribution in [0.5, 0.6) is 0 Å². The van der Waals surface area contributed by atoms with Gasteiger partial charge in [-0.3, -0.25) is 14.9 Å². The molecule has 0 spiro atoms. The van der Waals surface area contributed by atoms with Crippen LogP contribution < -0.4 is 10.6 Å². The van der Waals surface area contributed by atoms with Gasteiger partial charge in [-0.25, -0.2) is 9.37 Å². The second kappa shape index (κ2) is 7.87. The number of hydrogen-bond donors (Lipinski definition) is 2. The van der Waals surface area contributed by atoms with Crippen molar-refractivity contribution in [2.75, 3.05) is 12.4 Å². The number of halogens is 1. The third-order valence-corrected chi connectivity index (χ3v) is 4.32. The number of aryl methyl sites for hydroxylation is 1. The van der Waals surface area contributed by atoms with Gasteiger partial charge in [-0.1, -0.05) is 12.1 Å². The number of carbonyl (C=O) groups excluding carboxylic acids is 1. The van der Waals surface area contributed by atoms with Crippen LogP contribution >= 0.6 is 0 Å². The lowest BCUT2D eigenvalue weighted by Gasteiger charge is -2.19. The molecule has 0 bridgehead atoms. The highest BCUT2D eigenvalue weighted by Gasteiger charge is 2.23. The van der Waals surface area contributed by atoms with Crippen LogP contribution in [0.3, 0.4) is 0 Å². The number of hydrogen-bond acceptors (Lipinski definition) is 5. The first-order valence-corrected chi connectivity index (χ1v) is 8.40. The number of nitro groups is 1. The molecule has 0 fully saturated rings. The predicted molar refractivity (Wildman–Crippen MR) is 102 cm³/mol. The zero-order valence-corrected chi connectivity index (χ0v) is 15.2. The summed E-state index contributed by atoms with van der Waals surface area (Å²) >= 11 is 0. The first-order valence-electron chi connectivity index (χ1n) is 8.40. The second-order valence-electron chi connectivity index (χ2n) is 6.09. The maximum atomic E-state index is 13.3. The van der Waals surface area contributed by atoms with Crippen LogP contribution in [0.1, 0.15) is 27.8 Å². The number of carbonyl (C=O) groups is 1. The summed E-state index contributed by atoms with van der Waals surface area (Å²) in [5, 5.41) is 16.8. The molecule has 1 atom stereocenters. The number of aromatic nitrogens is 2. The van der Waals surface area contributed by atoms with Crippen LogP contribution in [0.25, 0.3) is 0 Å². The van der Waals surface area contributed by atoms with E-state index in [0.717, 1.165) is 0 Å². The van der Waals surface area contributed by atoms with Gasteiger partial charge in [0.25, 0.3) is 11.6 Å². The maximum absolute atomic E-state index is 13.3. The van der Waals surface area contributed by atoms with Gasteiger partial charge in [0.1, 0.15) is 23.4 Å². The molecule has 1 heterocycles. The molecule has 0 unspecified atom stereocenters. The minimum atomic E-state index is -0.656. The van der Waals surface area contributed by atoms with Crippen molar-refractivity contribution < 1.29 is 14.1 Å². The summed E-state index contributed by atoms with van der Waals surface area (Å²) in [5.41, 5.74) is 0.864. The summed E-state index contributed by atoms with van der Waals surface area (Å²) in [7, 11) is 3.34. The standard InChI is InChI=1S/C19H18FN5O3/c1-21-15-8-5-13(11-16(15)25(27)28)19(26)23-17(18-22-9-10-24(18)2)12-3-6-14(20)7-4-12/h3-11,17,21H,1-2H3,(H,23,26)/t17-/m0/s1. The lowest BCUT2D eigenvalue weighted by molar-refractivity contribution is -0.384. The minimum absolute atomic E-state index is 0.132. The van der Waals surface area contributed by atoms with Crippen molar-refractivity contribution in [3.63, 3.8) is 0 Å². The molecule has 2 N–H and O–H groups in total. The Morgan fingerprint density at radius 1 is 1.25 bits per heavy atom. The fourth-order valence-electron chi connectivity index (χ4n) is 2.86. The van der Waals surface area contributed by atoms with Gasteiger partial charge in [0, 0.05) is 38.1 Å². The Morgan fingerprint density at radius 3 is 2.54 bits per heavy atom. The Labute approximate surface area is 160 Å². The summed E-state index contributed by atoms with van der Waals surface area (Å²) in [6, 6.07) is 9.23. The number of rotatable bonds is 6. The van der Waals surface area contributed by atoms with Crippen LogP contribution in [0.2, 0.25) is 0 Å². The molecular weight excluding hydrogens is 365 g/mol. The topological polar surface area (TPSA) is 102 Å². The molecular formula is C19H18FN5O3. The molecule has 0 aliphatic rings. The van der Waals surface area contributed by atoms with E-state index < -0.39 is 22.7 Å². The van der Waals surface area contributed by atoms with E-state index in [-0.39, 0.29) is 11.3 Å². The molecule has 0 aliphatic carbocycles. The van der Waals surface area contributed by atoms with E-state index in [0.29, 0.717) is 17.1 Å². The summed E-state index contributed by atoms with van der Waals surface area (Å²) in [6.07, 6.45) is 3.31. The lowest BCUT2D eigenvalue weighted by Crippen LogP contribution is -2.31. The van der Waals surface area contributed by atoms with Gasteiger partial charge in [-0.15, -0.1) is 0 Å². The monoisotopic (exact) mass is 383 g/mol. The summed E-state index contributed by atoms with van der Waals surface area (Å²) in [5.74, 6) is -0.365. The van der Waals surface area contributed by atoms with Crippen molar-refractivity contribution in [1.82, 2.24) is 14.9 Å². The van der Waals surface area contributed by atoms with Crippen molar-refractivity contribution in [3.05, 3.63) is 87.7 Å². The minimum Gasteiger partial charge on any atom is -0.383 e. The van der Waals surface area contributed by atoms with Crippen molar-refractivity contribution in [2.24, 2.45) is 7.05 Å². The van der Waals surface area contributed by atoms with Gasteiger partial charge in [-0.2, -0.15) is 0 Å². The van der Waals surface area contributed by atoms with E-state index in [1.165, 1.54) is 30.3 Å². The van der Waals surface area contributed by atoms with Crippen LogP contribution in [0.4, 0.5) is 15.8 Å². The van der Waals surface area contributed by atoms with Crippen LogP contribution in [-0.4, -0.2) is 27.4 Å². The molecule has 28 heavy (non-hydrogen) atoms. The molecule has 2 aromatic carbocycles. The van der Waals surface area contributed by atoms with Gasteiger partial charge >= 0.3 is 0 Å². The van der Waals surface area contributed by atoms with E-state index in [2.05, 4.69) is 15.6 Å². The van der Waals surface area contributed by atoms with E-state index in [4.69, 9.17) is 0 Å². The number of nitrogens with zero attached hydrogens (tertiary/aromatic N) is 3. The molecule has 3 aromatic rings. The zero-order chi connectivity index (χ0) is 20.3. The number of benzene rings is 2. The summed E-state index contributed by atoms with van der Waals surface area (Å²) < 4.78 is 15.0. The van der Waals surface area contributed by atoms with Crippen molar-refractivity contribution in [3.8, 4) is 0 Å². The van der Waals surface area contributed by atoms with Gasteiger partial charge < -0.3 is 15.2 Å².